The van der Waals surface area contributed by atoms with Gasteiger partial charge in [-0.15, -0.1) is 0 Å². The number of anilines is 1. The van der Waals surface area contributed by atoms with E-state index in [0.29, 0.717) is 10.7 Å². The second-order valence-electron chi connectivity index (χ2n) is 7.84. The maximum atomic E-state index is 12.8. The van der Waals surface area contributed by atoms with Crippen molar-refractivity contribution in [1.82, 2.24) is 4.90 Å². The summed E-state index contributed by atoms with van der Waals surface area (Å²) in [4.78, 5) is 51.1. The Labute approximate surface area is 173 Å². The maximum absolute atomic E-state index is 12.8. The van der Waals surface area contributed by atoms with Gasteiger partial charge in [-0.05, 0) is 49.8 Å². The summed E-state index contributed by atoms with van der Waals surface area (Å²) in [5.41, 5.74) is 1.33. The lowest BCUT2D eigenvalue weighted by Gasteiger charge is -2.23. The smallest absolute Gasteiger partial charge is 0.329 e. The molecule has 5 atom stereocenters. The van der Waals surface area contributed by atoms with E-state index in [0.717, 1.165) is 16.9 Å². The average molecular weight is 417 g/mol. The molecule has 0 unspecified atom stereocenters. The normalized spacial score (nSPS) is 27.9. The van der Waals surface area contributed by atoms with Crippen LogP contribution >= 0.6 is 11.6 Å². The van der Waals surface area contributed by atoms with Gasteiger partial charge in [0.1, 0.15) is 6.04 Å². The third-order valence-electron chi connectivity index (χ3n) is 6.05. The number of esters is 1. The maximum Gasteiger partial charge on any atom is 0.329 e. The van der Waals surface area contributed by atoms with Gasteiger partial charge in [0.05, 0.1) is 11.8 Å². The minimum Gasteiger partial charge on any atom is -0.454 e. The number of benzene rings is 1. The number of amides is 3. The summed E-state index contributed by atoms with van der Waals surface area (Å²) < 4.78 is 5.06. The van der Waals surface area contributed by atoms with Crippen molar-refractivity contribution < 1.29 is 23.9 Å². The minimum absolute atomic E-state index is 0.0707. The molecule has 0 aromatic heterocycles. The molecule has 29 heavy (non-hydrogen) atoms. The van der Waals surface area contributed by atoms with Crippen molar-refractivity contribution in [3.63, 3.8) is 0 Å². The molecule has 1 saturated carbocycles. The molecule has 0 radical (unpaired) electrons. The number of fused-ring (bicyclic) bond motifs is 5. The van der Waals surface area contributed by atoms with Gasteiger partial charge >= 0.3 is 5.97 Å². The molecule has 3 aliphatic rings. The van der Waals surface area contributed by atoms with Crippen LogP contribution in [0.3, 0.4) is 0 Å². The molecule has 1 aliphatic heterocycles. The van der Waals surface area contributed by atoms with Gasteiger partial charge in [-0.1, -0.05) is 29.8 Å². The molecule has 2 aliphatic carbocycles. The molecule has 4 rings (SSSR count). The number of hydrogen-bond donors (Lipinski definition) is 1. The van der Waals surface area contributed by atoms with Gasteiger partial charge in [-0.3, -0.25) is 19.3 Å². The average Bonchev–Trinajstić information content (AvgIpc) is 3.36. The van der Waals surface area contributed by atoms with Gasteiger partial charge in [-0.25, -0.2) is 4.79 Å². The molecule has 0 spiro atoms. The number of aryl methyl sites for hydroxylation is 1. The predicted octanol–water partition coefficient (Wildman–Crippen LogP) is 2.33. The van der Waals surface area contributed by atoms with Gasteiger partial charge in [0, 0.05) is 10.7 Å². The van der Waals surface area contributed by atoms with E-state index in [1.54, 1.807) is 18.2 Å². The number of nitrogens with zero attached hydrogens (tertiary/aromatic N) is 1. The van der Waals surface area contributed by atoms with Crippen molar-refractivity contribution in [2.24, 2.45) is 23.7 Å². The van der Waals surface area contributed by atoms with Gasteiger partial charge in [0.2, 0.25) is 11.8 Å². The molecular weight excluding hydrogens is 396 g/mol. The highest BCUT2D eigenvalue weighted by Gasteiger charge is 2.60. The van der Waals surface area contributed by atoms with Gasteiger partial charge in [0.15, 0.2) is 6.61 Å². The second-order valence-corrected chi connectivity index (χ2v) is 8.27. The highest BCUT2D eigenvalue weighted by Crippen LogP contribution is 2.52. The molecular formula is C21H21ClN2O5. The molecule has 1 saturated heterocycles. The number of ether oxygens (including phenoxy) is 1. The third-order valence-corrected chi connectivity index (χ3v) is 6.29. The number of nitrogens with one attached hydrogen (secondary N) is 1. The molecule has 152 valence electrons. The van der Waals surface area contributed by atoms with E-state index in [4.69, 9.17) is 16.3 Å². The first-order valence-corrected chi connectivity index (χ1v) is 9.93. The number of allylic oxidation sites excluding steroid dienone is 2. The molecule has 3 amide bonds. The van der Waals surface area contributed by atoms with Crippen LogP contribution in [-0.2, 0) is 23.9 Å². The second kappa shape index (κ2) is 7.30. The Morgan fingerprint density at radius 3 is 2.45 bits per heavy atom. The zero-order valence-electron chi connectivity index (χ0n) is 16.1. The fourth-order valence-electron chi connectivity index (χ4n) is 4.58. The number of hydrogen-bond acceptors (Lipinski definition) is 5. The highest BCUT2D eigenvalue weighted by molar-refractivity contribution is 6.31. The van der Waals surface area contributed by atoms with Crippen LogP contribution in [0.25, 0.3) is 0 Å². The molecule has 1 aromatic rings. The fourth-order valence-corrected chi connectivity index (χ4v) is 4.76. The largest absolute Gasteiger partial charge is 0.454 e. The van der Waals surface area contributed by atoms with Crippen LogP contribution < -0.4 is 5.32 Å². The summed E-state index contributed by atoms with van der Waals surface area (Å²) in [6.07, 6.45) is 4.81. The summed E-state index contributed by atoms with van der Waals surface area (Å²) in [6, 6.07) is 3.99. The molecule has 7 nitrogen and oxygen atoms in total. The topological polar surface area (TPSA) is 92.8 Å². The number of halogens is 1. The zero-order chi connectivity index (χ0) is 20.9. The van der Waals surface area contributed by atoms with E-state index in [-0.39, 0.29) is 35.5 Å². The van der Waals surface area contributed by atoms with E-state index in [1.165, 1.54) is 6.92 Å². The van der Waals surface area contributed by atoms with E-state index < -0.39 is 24.5 Å². The van der Waals surface area contributed by atoms with E-state index in [9.17, 15) is 19.2 Å². The summed E-state index contributed by atoms with van der Waals surface area (Å²) in [5, 5.41) is 3.10. The lowest BCUT2D eigenvalue weighted by molar-refractivity contribution is -0.159. The SMILES string of the molecule is Cc1ccc(Cl)cc1NC(=O)COC(=O)[C@H](C)N1C(=O)[C@@H]2[C@H](C1=O)[C@H]1C=C[C@H]2C1. The molecule has 2 fully saturated rings. The fraction of sp³-hybridized carbons (Fsp3) is 0.429. The van der Waals surface area contributed by atoms with E-state index in [2.05, 4.69) is 5.32 Å². The Bertz CT molecular complexity index is 913. The van der Waals surface area contributed by atoms with Crippen molar-refractivity contribution in [3.05, 3.63) is 40.9 Å². The van der Waals surface area contributed by atoms with Crippen molar-refractivity contribution in [3.8, 4) is 0 Å². The van der Waals surface area contributed by atoms with Crippen LogP contribution in [0.4, 0.5) is 5.69 Å². The molecule has 1 N–H and O–H groups in total. The van der Waals surface area contributed by atoms with E-state index in [1.807, 2.05) is 19.1 Å². The Hall–Kier alpha value is -2.67. The molecule has 8 heteroatoms. The van der Waals surface area contributed by atoms with Crippen LogP contribution in [0, 0.1) is 30.6 Å². The summed E-state index contributed by atoms with van der Waals surface area (Å²) >= 11 is 5.92. The number of likely N-dealkylation sites (tertiary alicyclic amines) is 1. The number of rotatable bonds is 5. The number of carbonyl (C=O) groups is 4. The lowest BCUT2D eigenvalue weighted by atomic mass is 9.85. The predicted molar refractivity (Wildman–Crippen MR) is 105 cm³/mol. The molecule has 1 heterocycles. The van der Waals surface area contributed by atoms with Crippen molar-refractivity contribution in [1.29, 1.82) is 0 Å². The van der Waals surface area contributed by atoms with Crippen molar-refractivity contribution in [2.75, 3.05) is 11.9 Å². The minimum atomic E-state index is -1.07. The highest BCUT2D eigenvalue weighted by atomic mass is 35.5. The standard InChI is InChI=1S/C21H21ClN2O5/c1-10-3-6-14(22)8-15(10)23-16(25)9-29-21(28)11(2)24-19(26)17-12-4-5-13(7-12)18(17)20(24)27/h3-6,8,11-13,17-18H,7,9H2,1-2H3,(H,23,25)/t11-,12-,13-,17-,18+/m0/s1. The van der Waals surface area contributed by atoms with Gasteiger partial charge in [-0.2, -0.15) is 0 Å². The first kappa shape index (κ1) is 19.6. The lowest BCUT2D eigenvalue weighted by Crippen LogP contribution is -2.45. The summed E-state index contributed by atoms with van der Waals surface area (Å²) in [7, 11) is 0. The van der Waals surface area contributed by atoms with Gasteiger partial charge < -0.3 is 10.1 Å². The first-order valence-electron chi connectivity index (χ1n) is 9.56. The molecule has 1 aromatic carbocycles. The monoisotopic (exact) mass is 416 g/mol. The zero-order valence-corrected chi connectivity index (χ0v) is 16.8. The van der Waals surface area contributed by atoms with Gasteiger partial charge in [0.25, 0.3) is 5.91 Å². The number of carbonyl (C=O) groups excluding carboxylic acids is 4. The Morgan fingerprint density at radius 1 is 1.21 bits per heavy atom. The van der Waals surface area contributed by atoms with Crippen LogP contribution in [0.2, 0.25) is 5.02 Å². The summed E-state index contributed by atoms with van der Waals surface area (Å²) in [6.45, 7) is 2.74. The Morgan fingerprint density at radius 2 is 1.83 bits per heavy atom. The van der Waals surface area contributed by atoms with Crippen LogP contribution in [0.1, 0.15) is 18.9 Å². The van der Waals surface area contributed by atoms with Crippen molar-refractivity contribution in [2.45, 2.75) is 26.3 Å². The van der Waals surface area contributed by atoms with Crippen molar-refractivity contribution >= 4 is 41.0 Å². The van der Waals surface area contributed by atoms with Crippen LogP contribution in [0.15, 0.2) is 30.4 Å². The first-order chi connectivity index (χ1) is 13.8. The van der Waals surface area contributed by atoms with Crippen LogP contribution in [0.5, 0.6) is 0 Å². The Kier molecular flexibility index (Phi) is 4.94. The number of imide groups is 1. The van der Waals surface area contributed by atoms with Crippen LogP contribution in [-0.4, -0.2) is 41.2 Å². The third kappa shape index (κ3) is 3.33. The quantitative estimate of drug-likeness (QED) is 0.451. The van der Waals surface area contributed by atoms with E-state index >= 15 is 0 Å². The Balaban J connectivity index is 1.35. The molecule has 2 bridgehead atoms. The summed E-state index contributed by atoms with van der Waals surface area (Å²) in [5.74, 6) is -2.56.